The summed E-state index contributed by atoms with van der Waals surface area (Å²) in [4.78, 5) is 11.0. The summed E-state index contributed by atoms with van der Waals surface area (Å²) in [6.07, 6.45) is 2.98. The maximum absolute atomic E-state index is 6.13. The van der Waals surface area contributed by atoms with Crippen LogP contribution in [-0.2, 0) is 0 Å². The number of rotatable bonds is 4. The number of aromatic nitrogens is 2. The predicted octanol–water partition coefficient (Wildman–Crippen LogP) is 3.08. The smallest absolute Gasteiger partial charge is 0.232 e. The quantitative estimate of drug-likeness (QED) is 0.499. The Labute approximate surface area is 142 Å². The Morgan fingerprint density at radius 1 is 1.45 bits per heavy atom. The molecular weight excluding hydrogens is 318 g/mol. The fraction of sp³-hybridized carbons (Fsp3) is 0.533. The lowest BCUT2D eigenvalue weighted by Crippen LogP contribution is -2.39. The fourth-order valence-electron chi connectivity index (χ4n) is 2.78. The summed E-state index contributed by atoms with van der Waals surface area (Å²) in [7, 11) is 0. The van der Waals surface area contributed by atoms with E-state index in [0.29, 0.717) is 34.6 Å². The third-order valence-corrected chi connectivity index (χ3v) is 3.95. The largest absolute Gasteiger partial charge is 0.359 e. The second kappa shape index (κ2) is 7.74. The lowest BCUT2D eigenvalue weighted by molar-refractivity contribution is 0.355. The van der Waals surface area contributed by atoms with Crippen LogP contribution in [0.5, 0.6) is 0 Å². The van der Waals surface area contributed by atoms with Crippen LogP contribution < -0.4 is 15.5 Å². The molecule has 22 heavy (non-hydrogen) atoms. The van der Waals surface area contributed by atoms with E-state index in [4.69, 9.17) is 23.8 Å². The highest BCUT2D eigenvalue weighted by Crippen LogP contribution is 2.26. The molecule has 1 aliphatic rings. The second-order valence-electron chi connectivity index (χ2n) is 5.85. The van der Waals surface area contributed by atoms with Gasteiger partial charge in [0.25, 0.3) is 0 Å². The first-order chi connectivity index (χ1) is 10.5. The molecule has 1 aliphatic heterocycles. The van der Waals surface area contributed by atoms with Crippen LogP contribution >= 0.6 is 23.8 Å². The molecule has 7 heteroatoms. The van der Waals surface area contributed by atoms with Crippen molar-refractivity contribution in [2.75, 3.05) is 29.9 Å². The van der Waals surface area contributed by atoms with Gasteiger partial charge in [0.15, 0.2) is 5.11 Å². The highest BCUT2D eigenvalue weighted by atomic mass is 35.5. The van der Waals surface area contributed by atoms with E-state index in [1.165, 1.54) is 6.42 Å². The molecule has 2 atom stereocenters. The van der Waals surface area contributed by atoms with Crippen LogP contribution in [0.3, 0.4) is 0 Å². The van der Waals surface area contributed by atoms with Crippen LogP contribution in [0, 0.1) is 11.8 Å². The van der Waals surface area contributed by atoms with Gasteiger partial charge in [0.05, 0.1) is 0 Å². The number of halogens is 1. The lowest BCUT2D eigenvalue weighted by atomic mass is 9.92. The van der Waals surface area contributed by atoms with Crippen molar-refractivity contribution < 1.29 is 0 Å². The molecule has 1 fully saturated rings. The first-order valence-corrected chi connectivity index (χ1v) is 8.21. The van der Waals surface area contributed by atoms with Crippen LogP contribution in [0.1, 0.15) is 20.3 Å². The molecular formula is C15H22ClN5S. The fourth-order valence-corrected chi connectivity index (χ4v) is 3.14. The number of anilines is 2. The maximum Gasteiger partial charge on any atom is 0.232 e. The molecule has 5 nitrogen and oxygen atoms in total. The van der Waals surface area contributed by atoms with E-state index in [1.54, 1.807) is 12.1 Å². The summed E-state index contributed by atoms with van der Waals surface area (Å²) in [5, 5.41) is 6.80. The van der Waals surface area contributed by atoms with E-state index >= 15 is 0 Å². The van der Waals surface area contributed by atoms with Crippen LogP contribution in [0.25, 0.3) is 0 Å². The minimum atomic E-state index is 0.407. The minimum Gasteiger partial charge on any atom is -0.359 e. The van der Waals surface area contributed by atoms with E-state index in [-0.39, 0.29) is 0 Å². The van der Waals surface area contributed by atoms with E-state index in [0.717, 1.165) is 18.9 Å². The van der Waals surface area contributed by atoms with E-state index in [2.05, 4.69) is 45.9 Å². The van der Waals surface area contributed by atoms with Gasteiger partial charge in [-0.05, 0) is 30.5 Å². The Bertz CT molecular complexity index is 541. The van der Waals surface area contributed by atoms with Crippen molar-refractivity contribution in [3.8, 4) is 0 Å². The zero-order chi connectivity index (χ0) is 16.1. The number of piperidine rings is 1. The first-order valence-electron chi connectivity index (χ1n) is 7.43. The summed E-state index contributed by atoms with van der Waals surface area (Å²) in [6.45, 7) is 10.7. The molecule has 0 aromatic carbocycles. The Kier molecular flexibility index (Phi) is 5.97. The van der Waals surface area contributed by atoms with Gasteiger partial charge < -0.3 is 15.5 Å². The van der Waals surface area contributed by atoms with Gasteiger partial charge in [-0.1, -0.05) is 31.5 Å². The monoisotopic (exact) mass is 339 g/mol. The summed E-state index contributed by atoms with van der Waals surface area (Å²) in [5.41, 5.74) is 0. The molecule has 0 saturated carbocycles. The molecule has 0 amide bonds. The average Bonchev–Trinajstić information content (AvgIpc) is 2.43. The van der Waals surface area contributed by atoms with Crippen LogP contribution in [0.2, 0.25) is 5.15 Å². The molecule has 0 aliphatic carbocycles. The number of thiocarbonyl (C=S) groups is 1. The molecule has 1 aromatic rings. The van der Waals surface area contributed by atoms with Gasteiger partial charge >= 0.3 is 0 Å². The van der Waals surface area contributed by atoms with E-state index < -0.39 is 0 Å². The first kappa shape index (κ1) is 17.0. The number of nitrogens with zero attached hydrogens (tertiary/aromatic N) is 3. The molecule has 2 heterocycles. The number of nitrogens with one attached hydrogen (secondary N) is 2. The minimum absolute atomic E-state index is 0.407. The van der Waals surface area contributed by atoms with Crippen molar-refractivity contribution >= 4 is 40.7 Å². The highest BCUT2D eigenvalue weighted by molar-refractivity contribution is 7.80. The lowest BCUT2D eigenvalue weighted by Gasteiger charge is -2.35. The Morgan fingerprint density at radius 2 is 2.14 bits per heavy atom. The van der Waals surface area contributed by atoms with Gasteiger partial charge in [-0.3, -0.25) is 0 Å². The van der Waals surface area contributed by atoms with Gasteiger partial charge in [-0.15, -0.1) is 6.58 Å². The Hall–Kier alpha value is -1.40. The van der Waals surface area contributed by atoms with Crippen LogP contribution in [0.15, 0.2) is 18.7 Å². The van der Waals surface area contributed by atoms with Crippen molar-refractivity contribution in [2.24, 2.45) is 11.8 Å². The topological polar surface area (TPSA) is 53.1 Å². The molecule has 0 radical (unpaired) electrons. The van der Waals surface area contributed by atoms with Crippen molar-refractivity contribution in [1.82, 2.24) is 15.3 Å². The third kappa shape index (κ3) is 4.81. The molecule has 0 unspecified atom stereocenters. The van der Waals surface area contributed by atoms with Crippen LogP contribution in [0.4, 0.5) is 11.8 Å². The van der Waals surface area contributed by atoms with Gasteiger partial charge in [0, 0.05) is 25.7 Å². The standard InChI is InChI=1S/C15H22ClN5S/c1-4-5-17-15(22)20-14-18-12(16)7-13(19-14)21-8-10(2)6-11(3)9-21/h4,7,10-11H,1,5-6,8-9H2,2-3H3,(H2,17,18,19,20,22)/t10-,11-/m0/s1. The zero-order valence-corrected chi connectivity index (χ0v) is 14.5. The molecule has 2 N–H and O–H groups in total. The predicted molar refractivity (Wildman–Crippen MR) is 96.6 cm³/mol. The van der Waals surface area contributed by atoms with Crippen molar-refractivity contribution in [3.63, 3.8) is 0 Å². The second-order valence-corrected chi connectivity index (χ2v) is 6.64. The van der Waals surface area contributed by atoms with Gasteiger partial charge in [0.2, 0.25) is 5.95 Å². The van der Waals surface area contributed by atoms with E-state index in [9.17, 15) is 0 Å². The normalized spacial score (nSPS) is 21.3. The SMILES string of the molecule is C=CCNC(=S)Nc1nc(Cl)cc(N2C[C@@H](C)C[C@H](C)C2)n1. The molecule has 1 saturated heterocycles. The Morgan fingerprint density at radius 3 is 2.77 bits per heavy atom. The van der Waals surface area contributed by atoms with Crippen molar-refractivity contribution in [2.45, 2.75) is 20.3 Å². The maximum atomic E-state index is 6.13. The van der Waals surface area contributed by atoms with Gasteiger partial charge in [0.1, 0.15) is 11.0 Å². The summed E-state index contributed by atoms with van der Waals surface area (Å²) in [6, 6.07) is 1.80. The Balaban J connectivity index is 2.12. The zero-order valence-electron chi connectivity index (χ0n) is 13.0. The number of hydrogen-bond donors (Lipinski definition) is 2. The van der Waals surface area contributed by atoms with Crippen molar-refractivity contribution in [3.05, 3.63) is 23.9 Å². The van der Waals surface area contributed by atoms with Gasteiger partial charge in [-0.25, -0.2) is 4.98 Å². The van der Waals surface area contributed by atoms with Gasteiger partial charge in [-0.2, -0.15) is 4.98 Å². The summed E-state index contributed by atoms with van der Waals surface area (Å²) >= 11 is 11.3. The molecule has 0 spiro atoms. The molecule has 2 rings (SSSR count). The summed E-state index contributed by atoms with van der Waals surface area (Å²) < 4.78 is 0. The van der Waals surface area contributed by atoms with Crippen LogP contribution in [-0.4, -0.2) is 34.7 Å². The molecule has 1 aromatic heterocycles. The molecule has 0 bridgehead atoms. The third-order valence-electron chi connectivity index (χ3n) is 3.51. The molecule has 120 valence electrons. The average molecular weight is 340 g/mol. The number of hydrogen-bond acceptors (Lipinski definition) is 4. The van der Waals surface area contributed by atoms with E-state index in [1.807, 2.05) is 0 Å². The summed E-state index contributed by atoms with van der Waals surface area (Å²) in [5.74, 6) is 2.54. The highest BCUT2D eigenvalue weighted by Gasteiger charge is 2.23. The van der Waals surface area contributed by atoms with Crippen molar-refractivity contribution in [1.29, 1.82) is 0 Å².